The number of aryl methyl sites for hydroxylation is 1. The maximum Gasteiger partial charge on any atom is 0.410 e. The van der Waals surface area contributed by atoms with Crippen LogP contribution in [0.3, 0.4) is 0 Å². The Labute approximate surface area is 278 Å². The Hall–Kier alpha value is -4.09. The van der Waals surface area contributed by atoms with E-state index in [-0.39, 0.29) is 18.2 Å². The highest BCUT2D eigenvalue weighted by Gasteiger charge is 2.25. The Bertz CT molecular complexity index is 1610. The van der Waals surface area contributed by atoms with Gasteiger partial charge in [0.05, 0.1) is 30.6 Å². The fourth-order valence-electron chi connectivity index (χ4n) is 5.53. The molecular formula is C36H47N3O7S. The lowest BCUT2D eigenvalue weighted by molar-refractivity contribution is 0.0142. The molecule has 1 saturated carbocycles. The third kappa shape index (κ3) is 11.3. The molecule has 3 aromatic carbocycles. The van der Waals surface area contributed by atoms with Gasteiger partial charge in [0.2, 0.25) is 10.0 Å². The van der Waals surface area contributed by atoms with Crippen molar-refractivity contribution in [1.29, 1.82) is 0 Å². The Morgan fingerprint density at radius 1 is 0.979 bits per heavy atom. The van der Waals surface area contributed by atoms with E-state index in [9.17, 15) is 23.1 Å². The molecule has 11 heteroatoms. The number of amides is 2. The summed E-state index contributed by atoms with van der Waals surface area (Å²) in [4.78, 5) is 27.4. The molecular weight excluding hydrogens is 618 g/mol. The SMILES string of the molecule is CC(C)(C)OC(=O)N(CCCc1ccc(-c2ccc(C(=O)NS(C)(=O)=O)c(OC3CCCCC3)c2)cc1)C[C@H](O)c1ccc(N)cc1. The number of nitrogens with two attached hydrogens (primary N) is 1. The summed E-state index contributed by atoms with van der Waals surface area (Å²) < 4.78 is 37.4. The number of aliphatic hydroxyl groups excluding tert-OH is 1. The summed E-state index contributed by atoms with van der Waals surface area (Å²) in [5.41, 5.74) is 9.37. The lowest BCUT2D eigenvalue weighted by Gasteiger charge is -2.29. The molecule has 0 spiro atoms. The molecule has 3 aromatic rings. The summed E-state index contributed by atoms with van der Waals surface area (Å²) in [6.45, 7) is 5.90. The van der Waals surface area contributed by atoms with E-state index in [1.807, 2.05) is 49.8 Å². The van der Waals surface area contributed by atoms with Crippen LogP contribution in [0.1, 0.15) is 86.9 Å². The molecule has 0 aliphatic heterocycles. The van der Waals surface area contributed by atoms with Crippen molar-refractivity contribution in [2.45, 2.75) is 83.5 Å². The highest BCUT2D eigenvalue weighted by Crippen LogP contribution is 2.31. The number of carbonyl (C=O) groups excluding carboxylic acids is 2. The van der Waals surface area contributed by atoms with Crippen molar-refractivity contribution < 1.29 is 32.6 Å². The number of nitrogens with zero attached hydrogens (tertiary/aromatic N) is 1. The molecule has 0 radical (unpaired) electrons. The highest BCUT2D eigenvalue weighted by molar-refractivity contribution is 7.89. The van der Waals surface area contributed by atoms with Gasteiger partial charge >= 0.3 is 6.09 Å². The van der Waals surface area contributed by atoms with E-state index < -0.39 is 33.7 Å². The quantitative estimate of drug-likeness (QED) is 0.193. The molecule has 0 aromatic heterocycles. The second-order valence-electron chi connectivity index (χ2n) is 13.2. The number of benzene rings is 3. The van der Waals surface area contributed by atoms with E-state index in [0.29, 0.717) is 36.4 Å². The minimum atomic E-state index is -3.74. The van der Waals surface area contributed by atoms with Crippen molar-refractivity contribution >= 4 is 27.7 Å². The van der Waals surface area contributed by atoms with E-state index in [0.717, 1.165) is 55.1 Å². The van der Waals surface area contributed by atoms with Crippen LogP contribution in [0, 0.1) is 0 Å². The van der Waals surface area contributed by atoms with Crippen LogP contribution in [0.15, 0.2) is 66.7 Å². The van der Waals surface area contributed by atoms with Crippen molar-refractivity contribution in [3.05, 3.63) is 83.4 Å². The van der Waals surface area contributed by atoms with Gasteiger partial charge in [-0.15, -0.1) is 0 Å². The van der Waals surface area contributed by atoms with Crippen LogP contribution in [0.4, 0.5) is 10.5 Å². The first kappa shape index (κ1) is 35.8. The predicted octanol–water partition coefficient (Wildman–Crippen LogP) is 6.24. The predicted molar refractivity (Wildman–Crippen MR) is 184 cm³/mol. The van der Waals surface area contributed by atoms with E-state index >= 15 is 0 Å². The number of rotatable bonds is 12. The van der Waals surface area contributed by atoms with E-state index in [1.54, 1.807) is 42.5 Å². The zero-order valence-electron chi connectivity index (χ0n) is 27.7. The van der Waals surface area contributed by atoms with Gasteiger partial charge in [-0.2, -0.15) is 0 Å². The maximum atomic E-state index is 13.0. The molecule has 0 heterocycles. The van der Waals surface area contributed by atoms with Crippen LogP contribution in [0.2, 0.25) is 0 Å². The largest absolute Gasteiger partial charge is 0.490 e. The van der Waals surface area contributed by atoms with E-state index in [1.165, 1.54) is 4.90 Å². The Morgan fingerprint density at radius 2 is 1.62 bits per heavy atom. The molecule has 47 heavy (non-hydrogen) atoms. The molecule has 254 valence electrons. The third-order valence-electron chi connectivity index (χ3n) is 7.90. The number of sulfonamides is 1. The average Bonchev–Trinajstić information content (AvgIpc) is 3.00. The van der Waals surface area contributed by atoms with E-state index in [2.05, 4.69) is 0 Å². The van der Waals surface area contributed by atoms with Crippen molar-refractivity contribution in [3.8, 4) is 16.9 Å². The fraction of sp³-hybridized carbons (Fsp3) is 0.444. The van der Waals surface area contributed by atoms with Gasteiger partial charge in [0.1, 0.15) is 11.4 Å². The van der Waals surface area contributed by atoms with Crippen LogP contribution in [0.25, 0.3) is 11.1 Å². The summed E-state index contributed by atoms with van der Waals surface area (Å²) >= 11 is 0. The minimum absolute atomic E-state index is 0.0287. The molecule has 10 nitrogen and oxygen atoms in total. The smallest absolute Gasteiger partial charge is 0.410 e. The molecule has 1 aliphatic carbocycles. The summed E-state index contributed by atoms with van der Waals surface area (Å²) in [5.74, 6) is -0.357. The Morgan fingerprint density at radius 3 is 2.23 bits per heavy atom. The lowest BCUT2D eigenvalue weighted by atomic mass is 9.97. The second kappa shape index (κ2) is 15.7. The normalized spacial score (nSPS) is 14.7. The van der Waals surface area contributed by atoms with Gasteiger partial charge in [-0.3, -0.25) is 4.79 Å². The number of aliphatic hydroxyl groups is 1. The van der Waals surface area contributed by atoms with Crippen molar-refractivity contribution in [3.63, 3.8) is 0 Å². The molecule has 1 atom stereocenters. The molecule has 2 amide bonds. The monoisotopic (exact) mass is 665 g/mol. The molecule has 0 bridgehead atoms. The Kier molecular flexibility index (Phi) is 11.9. The minimum Gasteiger partial charge on any atom is -0.490 e. The van der Waals surface area contributed by atoms with Crippen LogP contribution in [-0.4, -0.2) is 61.5 Å². The first-order chi connectivity index (χ1) is 22.2. The zero-order chi connectivity index (χ0) is 34.2. The van der Waals surface area contributed by atoms with Gasteiger partial charge in [0.15, 0.2) is 0 Å². The van der Waals surface area contributed by atoms with Gasteiger partial charge in [0.25, 0.3) is 5.91 Å². The standard InChI is InChI=1S/C36H47N3O7S/c1-36(2,3)46-35(42)39(24-32(40)27-16-19-29(37)20-17-27)22-8-9-25-12-14-26(15-13-25)28-18-21-31(34(41)38-47(4,43)44)33(23-28)45-30-10-6-5-7-11-30/h12-21,23,30,32,40H,5-11,22,24,37H2,1-4H3,(H,38,41)/t32-/m0/s1. The number of ether oxygens (including phenoxy) is 2. The summed E-state index contributed by atoms with van der Waals surface area (Å²) in [6, 6.07) is 20.1. The van der Waals surface area contributed by atoms with Crippen LogP contribution < -0.4 is 15.2 Å². The molecule has 4 rings (SSSR count). The van der Waals surface area contributed by atoms with Gasteiger partial charge in [-0.25, -0.2) is 17.9 Å². The van der Waals surface area contributed by atoms with Crippen molar-refractivity contribution in [1.82, 2.24) is 9.62 Å². The molecule has 0 saturated heterocycles. The third-order valence-corrected chi connectivity index (χ3v) is 8.45. The number of nitrogen functional groups attached to an aromatic ring is 1. The second-order valence-corrected chi connectivity index (χ2v) is 14.9. The van der Waals surface area contributed by atoms with E-state index in [4.69, 9.17) is 15.2 Å². The summed E-state index contributed by atoms with van der Waals surface area (Å²) in [6.07, 6.45) is 5.91. The summed E-state index contributed by atoms with van der Waals surface area (Å²) in [7, 11) is -3.74. The number of carbonyl (C=O) groups is 2. The van der Waals surface area contributed by atoms with Crippen molar-refractivity contribution in [2.24, 2.45) is 0 Å². The molecule has 1 aliphatic rings. The van der Waals surface area contributed by atoms with Gasteiger partial charge in [-0.1, -0.05) is 48.9 Å². The number of anilines is 1. The van der Waals surface area contributed by atoms with Crippen LogP contribution in [0.5, 0.6) is 5.75 Å². The highest BCUT2D eigenvalue weighted by atomic mass is 32.2. The zero-order valence-corrected chi connectivity index (χ0v) is 28.5. The number of hydrogen-bond donors (Lipinski definition) is 3. The van der Waals surface area contributed by atoms with Gasteiger partial charge in [0, 0.05) is 12.2 Å². The van der Waals surface area contributed by atoms with Gasteiger partial charge in [-0.05, 0) is 106 Å². The lowest BCUT2D eigenvalue weighted by Crippen LogP contribution is -2.40. The molecule has 4 N–H and O–H groups in total. The topological polar surface area (TPSA) is 148 Å². The summed E-state index contributed by atoms with van der Waals surface area (Å²) in [5, 5.41) is 10.8. The molecule has 1 fully saturated rings. The molecule has 0 unspecified atom stereocenters. The average molecular weight is 666 g/mol. The maximum absolute atomic E-state index is 13.0. The number of nitrogens with one attached hydrogen (secondary N) is 1. The van der Waals surface area contributed by atoms with Crippen LogP contribution in [-0.2, 0) is 21.2 Å². The first-order valence-corrected chi connectivity index (χ1v) is 18.0. The Balaban J connectivity index is 1.44. The fourth-order valence-corrected chi connectivity index (χ4v) is 5.97. The van der Waals surface area contributed by atoms with Crippen LogP contribution >= 0.6 is 0 Å². The number of hydrogen-bond acceptors (Lipinski definition) is 8. The van der Waals surface area contributed by atoms with Gasteiger partial charge < -0.3 is 25.2 Å². The van der Waals surface area contributed by atoms with Crippen molar-refractivity contribution in [2.75, 3.05) is 25.1 Å². The first-order valence-electron chi connectivity index (χ1n) is 16.1.